The van der Waals surface area contributed by atoms with E-state index < -0.39 is 0 Å². The predicted octanol–water partition coefficient (Wildman–Crippen LogP) is 2.00. The molecule has 0 aromatic carbocycles. The van der Waals surface area contributed by atoms with Crippen molar-refractivity contribution in [2.24, 2.45) is 0 Å². The maximum Gasteiger partial charge on any atom is 0.139 e. The van der Waals surface area contributed by atoms with Crippen LogP contribution in [0, 0.1) is 0 Å². The summed E-state index contributed by atoms with van der Waals surface area (Å²) in [6, 6.07) is 5.87. The summed E-state index contributed by atoms with van der Waals surface area (Å²) in [7, 11) is 1.96. The van der Waals surface area contributed by atoms with E-state index in [0.717, 1.165) is 24.0 Å². The zero-order chi connectivity index (χ0) is 11.4. The van der Waals surface area contributed by atoms with Gasteiger partial charge in [0.1, 0.15) is 23.8 Å². The van der Waals surface area contributed by atoms with Crippen LogP contribution in [0.1, 0.15) is 6.92 Å². The zero-order valence-corrected chi connectivity index (χ0v) is 9.44. The van der Waals surface area contributed by atoms with E-state index in [1.807, 2.05) is 43.3 Å². The van der Waals surface area contributed by atoms with Crippen molar-refractivity contribution in [1.82, 2.24) is 15.0 Å². The molecule has 0 bridgehead atoms. The Morgan fingerprint density at radius 2 is 2.31 bits per heavy atom. The highest BCUT2D eigenvalue weighted by molar-refractivity contribution is 5.58. The van der Waals surface area contributed by atoms with Crippen molar-refractivity contribution in [2.75, 3.05) is 23.8 Å². The second-order valence-electron chi connectivity index (χ2n) is 3.41. The van der Waals surface area contributed by atoms with Gasteiger partial charge in [0.05, 0.1) is 0 Å². The van der Waals surface area contributed by atoms with Crippen LogP contribution in [0.25, 0.3) is 0 Å². The van der Waals surface area contributed by atoms with Crippen LogP contribution in [-0.2, 0) is 0 Å². The molecule has 2 rings (SSSR count). The summed E-state index contributed by atoms with van der Waals surface area (Å²) in [4.78, 5) is 13.5. The van der Waals surface area contributed by atoms with Crippen molar-refractivity contribution in [1.29, 1.82) is 0 Å². The first-order valence-electron chi connectivity index (χ1n) is 5.24. The molecule has 2 aromatic rings. The lowest BCUT2D eigenvalue weighted by molar-refractivity contribution is 1.05. The number of aromatic nitrogens is 3. The number of aromatic amines is 1. The Morgan fingerprint density at radius 3 is 3.00 bits per heavy atom. The molecule has 5 heteroatoms. The van der Waals surface area contributed by atoms with E-state index in [1.165, 1.54) is 0 Å². The quantitative estimate of drug-likeness (QED) is 0.822. The van der Waals surface area contributed by atoms with E-state index in [2.05, 4.69) is 20.3 Å². The average Bonchev–Trinajstić information content (AvgIpc) is 2.82. The average molecular weight is 217 g/mol. The summed E-state index contributed by atoms with van der Waals surface area (Å²) >= 11 is 0. The lowest BCUT2D eigenvalue weighted by atomic mass is 10.4. The van der Waals surface area contributed by atoms with E-state index in [9.17, 15) is 0 Å². The summed E-state index contributed by atoms with van der Waals surface area (Å²) < 4.78 is 0. The summed E-state index contributed by atoms with van der Waals surface area (Å²) in [5.41, 5.74) is 0. The number of H-pyrrole nitrogens is 1. The molecule has 2 aromatic heterocycles. The minimum atomic E-state index is 0.839. The fourth-order valence-corrected chi connectivity index (χ4v) is 1.46. The highest BCUT2D eigenvalue weighted by Gasteiger charge is 2.06. The van der Waals surface area contributed by atoms with Gasteiger partial charge in [-0.1, -0.05) is 0 Å². The molecule has 2 heterocycles. The van der Waals surface area contributed by atoms with Gasteiger partial charge < -0.3 is 15.2 Å². The van der Waals surface area contributed by atoms with Gasteiger partial charge in [-0.15, -0.1) is 0 Å². The highest BCUT2D eigenvalue weighted by Crippen LogP contribution is 2.20. The monoisotopic (exact) mass is 217 g/mol. The Balaban J connectivity index is 2.23. The fraction of sp³-hybridized carbons (Fsp3) is 0.273. The number of anilines is 3. The Bertz CT molecular complexity index is 437. The maximum atomic E-state index is 4.23. The van der Waals surface area contributed by atoms with Gasteiger partial charge in [-0.05, 0) is 19.1 Å². The molecular weight excluding hydrogens is 202 g/mol. The van der Waals surface area contributed by atoms with Crippen molar-refractivity contribution < 1.29 is 0 Å². The van der Waals surface area contributed by atoms with E-state index in [4.69, 9.17) is 0 Å². The maximum absolute atomic E-state index is 4.23. The van der Waals surface area contributed by atoms with Crippen LogP contribution in [0.4, 0.5) is 17.5 Å². The van der Waals surface area contributed by atoms with Crippen LogP contribution in [-0.4, -0.2) is 28.5 Å². The molecule has 0 spiro atoms. The summed E-state index contributed by atoms with van der Waals surface area (Å²) in [6.45, 7) is 2.89. The summed E-state index contributed by atoms with van der Waals surface area (Å²) in [5, 5.41) is 3.16. The first-order chi connectivity index (χ1) is 7.81. The molecule has 2 N–H and O–H groups in total. The van der Waals surface area contributed by atoms with Crippen molar-refractivity contribution >= 4 is 17.5 Å². The largest absolute Gasteiger partial charge is 0.370 e. The molecule has 0 aliphatic carbocycles. The lowest BCUT2D eigenvalue weighted by Crippen LogP contribution is -2.12. The van der Waals surface area contributed by atoms with Gasteiger partial charge in [-0.3, -0.25) is 0 Å². The molecule has 0 fully saturated rings. The second kappa shape index (κ2) is 4.65. The normalized spacial score (nSPS) is 10.1. The van der Waals surface area contributed by atoms with Crippen molar-refractivity contribution in [3.05, 3.63) is 30.7 Å². The topological polar surface area (TPSA) is 56.8 Å². The standard InChI is InChI=1S/C11H15N5/c1-3-12-9-7-11(15-8-14-9)16(2)10-5-4-6-13-10/h4-8,13H,3H2,1-2H3,(H,12,14,15). The molecule has 5 nitrogen and oxygen atoms in total. The second-order valence-corrected chi connectivity index (χ2v) is 3.41. The molecule has 0 aliphatic rings. The first-order valence-corrected chi connectivity index (χ1v) is 5.24. The van der Waals surface area contributed by atoms with Gasteiger partial charge in [-0.25, -0.2) is 9.97 Å². The SMILES string of the molecule is CCNc1cc(N(C)c2ccc[nH]2)ncn1. The van der Waals surface area contributed by atoms with Crippen LogP contribution >= 0.6 is 0 Å². The third-order valence-corrected chi connectivity index (χ3v) is 2.30. The fourth-order valence-electron chi connectivity index (χ4n) is 1.46. The third-order valence-electron chi connectivity index (χ3n) is 2.30. The Hall–Kier alpha value is -2.04. The van der Waals surface area contributed by atoms with Gasteiger partial charge in [0.15, 0.2) is 0 Å². The van der Waals surface area contributed by atoms with E-state index >= 15 is 0 Å². The number of rotatable bonds is 4. The van der Waals surface area contributed by atoms with Gasteiger partial charge >= 0.3 is 0 Å². The van der Waals surface area contributed by atoms with Gasteiger partial charge in [0, 0.05) is 25.9 Å². The van der Waals surface area contributed by atoms with Crippen LogP contribution in [0.2, 0.25) is 0 Å². The minimum Gasteiger partial charge on any atom is -0.370 e. The first kappa shape index (κ1) is 10.5. The van der Waals surface area contributed by atoms with Crippen molar-refractivity contribution in [3.8, 4) is 0 Å². The van der Waals surface area contributed by atoms with E-state index in [0.29, 0.717) is 0 Å². The Labute approximate surface area is 94.5 Å². The highest BCUT2D eigenvalue weighted by atomic mass is 15.2. The molecule has 0 saturated heterocycles. The number of nitrogens with zero attached hydrogens (tertiary/aromatic N) is 3. The summed E-state index contributed by atoms with van der Waals surface area (Å²) in [6.07, 6.45) is 3.45. The predicted molar refractivity (Wildman–Crippen MR) is 65.1 cm³/mol. The molecule has 0 radical (unpaired) electrons. The van der Waals surface area contributed by atoms with Crippen LogP contribution in [0.5, 0.6) is 0 Å². The molecule has 0 amide bonds. The van der Waals surface area contributed by atoms with Gasteiger partial charge in [0.25, 0.3) is 0 Å². The third kappa shape index (κ3) is 2.13. The lowest BCUT2D eigenvalue weighted by Gasteiger charge is -2.16. The van der Waals surface area contributed by atoms with Crippen molar-refractivity contribution in [2.45, 2.75) is 6.92 Å². The molecular formula is C11H15N5. The molecule has 0 aliphatic heterocycles. The molecule has 16 heavy (non-hydrogen) atoms. The van der Waals surface area contributed by atoms with Crippen LogP contribution in [0.3, 0.4) is 0 Å². The molecule has 84 valence electrons. The molecule has 0 atom stereocenters. The van der Waals surface area contributed by atoms with Crippen LogP contribution in [0.15, 0.2) is 30.7 Å². The Morgan fingerprint density at radius 1 is 1.44 bits per heavy atom. The minimum absolute atomic E-state index is 0.839. The number of hydrogen-bond donors (Lipinski definition) is 2. The number of nitrogens with one attached hydrogen (secondary N) is 2. The Kier molecular flexibility index (Phi) is 3.05. The van der Waals surface area contributed by atoms with Gasteiger partial charge in [-0.2, -0.15) is 0 Å². The van der Waals surface area contributed by atoms with Crippen LogP contribution < -0.4 is 10.2 Å². The van der Waals surface area contributed by atoms with Gasteiger partial charge in [0.2, 0.25) is 0 Å². The molecule has 0 saturated carbocycles. The van der Waals surface area contributed by atoms with E-state index in [-0.39, 0.29) is 0 Å². The van der Waals surface area contributed by atoms with E-state index in [1.54, 1.807) is 6.33 Å². The summed E-state index contributed by atoms with van der Waals surface area (Å²) in [5.74, 6) is 2.69. The van der Waals surface area contributed by atoms with Crippen molar-refractivity contribution in [3.63, 3.8) is 0 Å². The smallest absolute Gasteiger partial charge is 0.139 e. The molecule has 0 unspecified atom stereocenters. The number of hydrogen-bond acceptors (Lipinski definition) is 4. The zero-order valence-electron chi connectivity index (χ0n) is 9.44.